The third kappa shape index (κ3) is 4.14. The van der Waals surface area contributed by atoms with Gasteiger partial charge >= 0.3 is 6.18 Å². The molecular formula is C17H14ClF3N2OS2. The number of nitrogens with zero attached hydrogens (tertiary/aromatic N) is 1. The van der Waals surface area contributed by atoms with Crippen LogP contribution in [-0.2, 0) is 29.6 Å². The van der Waals surface area contributed by atoms with Gasteiger partial charge in [0.2, 0.25) is 0 Å². The monoisotopic (exact) mass is 418 g/mol. The maximum Gasteiger partial charge on any atom is 0.417 e. The van der Waals surface area contributed by atoms with Crippen LogP contribution < -0.4 is 4.72 Å². The second-order valence-corrected chi connectivity index (χ2v) is 8.20. The summed E-state index contributed by atoms with van der Waals surface area (Å²) in [6.45, 7) is 1.97. The Morgan fingerprint density at radius 1 is 1.23 bits per heavy atom. The van der Waals surface area contributed by atoms with Gasteiger partial charge in [0.1, 0.15) is 11.0 Å². The lowest BCUT2D eigenvalue weighted by molar-refractivity contribution is -0.137. The molecule has 0 aromatic heterocycles. The number of hydrogen-bond donors (Lipinski definition) is 1. The molecule has 2 aromatic rings. The Hall–Kier alpha value is -1.35. The summed E-state index contributed by atoms with van der Waals surface area (Å²) in [6, 6.07) is 8.19. The topological polar surface area (TPSA) is 41.5 Å². The molecule has 0 heterocycles. The molecule has 0 bridgehead atoms. The highest BCUT2D eigenvalue weighted by Crippen LogP contribution is 2.43. The predicted molar refractivity (Wildman–Crippen MR) is 98.5 cm³/mol. The van der Waals surface area contributed by atoms with Crippen LogP contribution in [-0.4, -0.2) is 9.75 Å². The van der Waals surface area contributed by atoms with Crippen LogP contribution in [0.3, 0.4) is 0 Å². The van der Waals surface area contributed by atoms with Gasteiger partial charge in [-0.1, -0.05) is 23.7 Å². The van der Waals surface area contributed by atoms with Crippen molar-refractivity contribution in [1.29, 1.82) is 0 Å². The summed E-state index contributed by atoms with van der Waals surface area (Å²) >= 11 is 10.5. The SMILES string of the molecule is CC1(NS(=O)c2ccc(-c3c(Cl)cc(N=S)cc3C(F)(F)F)cc2)CC1. The fourth-order valence-corrected chi connectivity index (χ4v) is 4.06. The molecular weight excluding hydrogens is 405 g/mol. The van der Waals surface area contributed by atoms with E-state index in [0.717, 1.165) is 18.9 Å². The van der Waals surface area contributed by atoms with Crippen molar-refractivity contribution in [1.82, 2.24) is 4.72 Å². The molecule has 0 radical (unpaired) electrons. The maximum atomic E-state index is 13.4. The Bertz CT molecular complexity index is 881. The van der Waals surface area contributed by atoms with Crippen molar-refractivity contribution < 1.29 is 17.4 Å². The van der Waals surface area contributed by atoms with Crippen molar-refractivity contribution in [2.45, 2.75) is 36.4 Å². The smallest absolute Gasteiger partial charge is 0.237 e. The van der Waals surface area contributed by atoms with E-state index >= 15 is 0 Å². The summed E-state index contributed by atoms with van der Waals surface area (Å²) in [7, 11) is -1.42. The molecule has 1 unspecified atom stereocenters. The number of hydrogen-bond acceptors (Lipinski definition) is 3. The van der Waals surface area contributed by atoms with Crippen LogP contribution in [0.15, 0.2) is 45.7 Å². The third-order valence-corrected chi connectivity index (χ3v) is 6.07. The van der Waals surface area contributed by atoms with E-state index in [0.29, 0.717) is 4.90 Å². The van der Waals surface area contributed by atoms with E-state index in [-0.39, 0.29) is 27.4 Å². The first-order chi connectivity index (χ1) is 12.1. The number of alkyl halides is 3. The quantitative estimate of drug-likeness (QED) is 0.691. The first kappa shape index (κ1) is 19.4. The van der Waals surface area contributed by atoms with Gasteiger partial charge in [-0.05, 0) is 49.6 Å². The zero-order chi connectivity index (χ0) is 19.1. The minimum atomic E-state index is -4.61. The van der Waals surface area contributed by atoms with Crippen molar-refractivity contribution >= 4 is 40.7 Å². The number of benzene rings is 2. The van der Waals surface area contributed by atoms with Gasteiger partial charge in [0, 0.05) is 23.5 Å². The molecule has 1 aliphatic rings. The Morgan fingerprint density at radius 2 is 1.85 bits per heavy atom. The van der Waals surface area contributed by atoms with Crippen molar-refractivity contribution in [2.24, 2.45) is 4.36 Å². The van der Waals surface area contributed by atoms with E-state index in [4.69, 9.17) is 11.6 Å². The van der Waals surface area contributed by atoms with Gasteiger partial charge in [-0.3, -0.25) is 0 Å². The van der Waals surface area contributed by atoms with Gasteiger partial charge in [-0.25, -0.2) is 8.93 Å². The number of halogens is 4. The summed E-state index contributed by atoms with van der Waals surface area (Å²) in [5.41, 5.74) is -0.941. The highest BCUT2D eigenvalue weighted by atomic mass is 35.5. The summed E-state index contributed by atoms with van der Waals surface area (Å²) in [4.78, 5) is 0.490. The minimum absolute atomic E-state index is 0.0272. The van der Waals surface area contributed by atoms with Crippen LogP contribution in [0.4, 0.5) is 18.9 Å². The molecule has 1 fully saturated rings. The molecule has 2 aromatic carbocycles. The predicted octanol–water partition coefficient (Wildman–Crippen LogP) is 5.55. The second-order valence-electron chi connectivity index (χ2n) is 6.40. The molecule has 1 saturated carbocycles. The van der Waals surface area contributed by atoms with Crippen molar-refractivity contribution in [3.8, 4) is 11.1 Å². The molecule has 1 aliphatic carbocycles. The summed E-state index contributed by atoms with van der Waals surface area (Å²) in [5, 5.41) is -0.0964. The summed E-state index contributed by atoms with van der Waals surface area (Å²) < 4.78 is 59.0. The summed E-state index contributed by atoms with van der Waals surface area (Å²) in [6.07, 6.45) is -2.72. The van der Waals surface area contributed by atoms with E-state index in [1.165, 1.54) is 30.3 Å². The Morgan fingerprint density at radius 3 is 2.35 bits per heavy atom. The molecule has 0 spiro atoms. The number of nitrogens with one attached hydrogen (secondary N) is 1. The van der Waals surface area contributed by atoms with Gasteiger partial charge in [-0.2, -0.15) is 17.5 Å². The molecule has 1 N–H and O–H groups in total. The van der Waals surface area contributed by atoms with Gasteiger partial charge in [0.25, 0.3) is 0 Å². The molecule has 26 heavy (non-hydrogen) atoms. The molecule has 0 aliphatic heterocycles. The van der Waals surface area contributed by atoms with E-state index in [1.54, 1.807) is 0 Å². The van der Waals surface area contributed by atoms with E-state index in [2.05, 4.69) is 21.5 Å². The molecule has 9 heteroatoms. The van der Waals surface area contributed by atoms with Crippen molar-refractivity contribution in [3.63, 3.8) is 0 Å². The van der Waals surface area contributed by atoms with Gasteiger partial charge in [0.05, 0.1) is 21.2 Å². The second kappa shape index (κ2) is 6.99. The van der Waals surface area contributed by atoms with Crippen LogP contribution in [0.5, 0.6) is 0 Å². The van der Waals surface area contributed by atoms with Crippen LogP contribution in [0.2, 0.25) is 5.02 Å². The molecule has 3 nitrogen and oxygen atoms in total. The van der Waals surface area contributed by atoms with Gasteiger partial charge < -0.3 is 0 Å². The maximum absolute atomic E-state index is 13.4. The standard InChI is InChI=1S/C17H14ClF3N2OS2/c1-16(6-7-16)23-26(24)12-4-2-10(3-5-12)15-13(17(19,20)21)8-11(22-25)9-14(15)18/h2-5,8-9,23H,6-7H2,1H3. The van der Waals surface area contributed by atoms with Crippen LogP contribution in [0.25, 0.3) is 11.1 Å². The van der Waals surface area contributed by atoms with Gasteiger partial charge in [0.15, 0.2) is 0 Å². The lowest BCUT2D eigenvalue weighted by atomic mass is 9.98. The zero-order valence-corrected chi connectivity index (χ0v) is 16.0. The van der Waals surface area contributed by atoms with E-state index < -0.39 is 22.7 Å². The molecule has 3 rings (SSSR count). The Kier molecular flexibility index (Phi) is 5.22. The van der Waals surface area contributed by atoms with Crippen LogP contribution in [0.1, 0.15) is 25.3 Å². The lowest BCUT2D eigenvalue weighted by Gasteiger charge is -2.16. The highest BCUT2D eigenvalue weighted by Gasteiger charge is 2.39. The molecule has 0 saturated heterocycles. The first-order valence-electron chi connectivity index (χ1n) is 7.67. The number of rotatable bonds is 5. The van der Waals surface area contributed by atoms with Gasteiger partial charge in [-0.15, -0.1) is 0 Å². The normalized spacial score (nSPS) is 17.0. The molecule has 0 amide bonds. The highest BCUT2D eigenvalue weighted by molar-refractivity contribution is 7.83. The largest absolute Gasteiger partial charge is 0.417 e. The zero-order valence-electron chi connectivity index (χ0n) is 13.6. The average molecular weight is 419 g/mol. The molecule has 138 valence electrons. The average Bonchev–Trinajstić information content (AvgIpc) is 3.30. The minimum Gasteiger partial charge on any atom is -0.237 e. The third-order valence-electron chi connectivity index (χ3n) is 4.18. The summed E-state index contributed by atoms with van der Waals surface area (Å²) in [5.74, 6) is 0. The van der Waals surface area contributed by atoms with E-state index in [1.807, 2.05) is 6.92 Å². The first-order valence-corrected chi connectivity index (χ1v) is 9.56. The van der Waals surface area contributed by atoms with Crippen LogP contribution >= 0.6 is 11.6 Å². The fraction of sp³-hybridized carbons (Fsp3) is 0.294. The Balaban J connectivity index is 1.98. The van der Waals surface area contributed by atoms with E-state index in [9.17, 15) is 17.4 Å². The Labute approximate surface area is 161 Å². The van der Waals surface area contributed by atoms with Crippen LogP contribution in [0, 0.1) is 0 Å². The lowest BCUT2D eigenvalue weighted by Crippen LogP contribution is -2.29. The van der Waals surface area contributed by atoms with Crippen molar-refractivity contribution in [3.05, 3.63) is 47.0 Å². The van der Waals surface area contributed by atoms with Crippen molar-refractivity contribution in [2.75, 3.05) is 0 Å². The molecule has 1 atom stereocenters. The fourth-order valence-electron chi connectivity index (χ4n) is 2.48.